The van der Waals surface area contributed by atoms with Crippen molar-refractivity contribution in [2.24, 2.45) is 0 Å². The van der Waals surface area contributed by atoms with Crippen LogP contribution in [0.5, 0.6) is 0 Å². The van der Waals surface area contributed by atoms with Gasteiger partial charge in [-0.05, 0) is 38.2 Å². The molecule has 4 heteroatoms. The quantitative estimate of drug-likeness (QED) is 0.877. The number of rotatable bonds is 5. The van der Waals surface area contributed by atoms with Gasteiger partial charge in [-0.15, -0.1) is 0 Å². The fourth-order valence-electron chi connectivity index (χ4n) is 3.93. The predicted molar refractivity (Wildman–Crippen MR) is 93.7 cm³/mol. The lowest BCUT2D eigenvalue weighted by atomic mass is 10.1. The Hall–Kier alpha value is -1.55. The van der Waals surface area contributed by atoms with E-state index in [9.17, 15) is 4.79 Å². The molecule has 1 atom stereocenters. The van der Waals surface area contributed by atoms with Crippen molar-refractivity contribution in [1.82, 2.24) is 15.5 Å². The van der Waals surface area contributed by atoms with E-state index in [0.29, 0.717) is 12.6 Å². The molecule has 2 fully saturated rings. The van der Waals surface area contributed by atoms with Gasteiger partial charge in [0.2, 0.25) is 0 Å². The Morgan fingerprint density at radius 2 is 2.09 bits per heavy atom. The van der Waals surface area contributed by atoms with Crippen molar-refractivity contribution in [2.75, 3.05) is 19.6 Å². The first-order valence-electron chi connectivity index (χ1n) is 9.04. The lowest BCUT2D eigenvalue weighted by molar-refractivity contribution is 0.228. The first kappa shape index (κ1) is 16.3. The summed E-state index contributed by atoms with van der Waals surface area (Å²) in [6.07, 6.45) is 7.40. The second-order valence-electron chi connectivity index (χ2n) is 7.06. The molecule has 3 rings (SSSR count). The van der Waals surface area contributed by atoms with E-state index in [-0.39, 0.29) is 6.03 Å². The smallest absolute Gasteiger partial charge is 0.315 e. The molecule has 1 aromatic rings. The van der Waals surface area contributed by atoms with Crippen LogP contribution in [-0.4, -0.2) is 42.6 Å². The summed E-state index contributed by atoms with van der Waals surface area (Å²) in [6, 6.07) is 9.52. The minimum absolute atomic E-state index is 0.0177. The SMILES string of the molecule is Cc1cccc(CCNC(=O)NC2CCN(C3CCCC3)C2)c1. The molecule has 126 valence electrons. The number of hydrogen-bond acceptors (Lipinski definition) is 2. The van der Waals surface area contributed by atoms with Crippen LogP contribution in [0.3, 0.4) is 0 Å². The minimum Gasteiger partial charge on any atom is -0.338 e. The Morgan fingerprint density at radius 1 is 1.26 bits per heavy atom. The molecule has 4 nitrogen and oxygen atoms in total. The molecule has 1 aromatic carbocycles. The van der Waals surface area contributed by atoms with E-state index in [2.05, 4.69) is 46.7 Å². The highest BCUT2D eigenvalue weighted by Crippen LogP contribution is 2.26. The van der Waals surface area contributed by atoms with Gasteiger partial charge in [0.25, 0.3) is 0 Å². The van der Waals surface area contributed by atoms with Crippen LogP contribution in [0.2, 0.25) is 0 Å². The second kappa shape index (κ2) is 7.82. The molecule has 1 heterocycles. The number of nitrogens with zero attached hydrogens (tertiary/aromatic N) is 1. The largest absolute Gasteiger partial charge is 0.338 e. The summed E-state index contributed by atoms with van der Waals surface area (Å²) in [7, 11) is 0. The van der Waals surface area contributed by atoms with Crippen LogP contribution in [0, 0.1) is 6.92 Å². The van der Waals surface area contributed by atoms with Crippen molar-refractivity contribution in [3.63, 3.8) is 0 Å². The van der Waals surface area contributed by atoms with Gasteiger partial charge in [-0.1, -0.05) is 42.7 Å². The molecule has 23 heavy (non-hydrogen) atoms. The third kappa shape index (κ3) is 4.71. The van der Waals surface area contributed by atoms with Gasteiger partial charge in [0.1, 0.15) is 0 Å². The van der Waals surface area contributed by atoms with Crippen LogP contribution in [0.4, 0.5) is 4.79 Å². The Labute approximate surface area is 139 Å². The van der Waals surface area contributed by atoms with Crippen LogP contribution in [0.15, 0.2) is 24.3 Å². The van der Waals surface area contributed by atoms with Gasteiger partial charge in [-0.3, -0.25) is 4.90 Å². The highest BCUT2D eigenvalue weighted by Gasteiger charge is 2.30. The number of benzene rings is 1. The first-order chi connectivity index (χ1) is 11.2. The second-order valence-corrected chi connectivity index (χ2v) is 7.06. The molecule has 2 N–H and O–H groups in total. The maximum Gasteiger partial charge on any atom is 0.315 e. The zero-order valence-corrected chi connectivity index (χ0v) is 14.2. The molecular weight excluding hydrogens is 286 g/mol. The fourth-order valence-corrected chi connectivity index (χ4v) is 3.93. The Balaban J connectivity index is 1.35. The molecule has 1 saturated heterocycles. The number of aryl methyl sites for hydroxylation is 1. The van der Waals surface area contributed by atoms with Crippen LogP contribution in [0.25, 0.3) is 0 Å². The van der Waals surface area contributed by atoms with Gasteiger partial charge >= 0.3 is 6.03 Å². The van der Waals surface area contributed by atoms with Crippen LogP contribution >= 0.6 is 0 Å². The molecule has 1 saturated carbocycles. The summed E-state index contributed by atoms with van der Waals surface area (Å²) >= 11 is 0. The molecule has 1 aliphatic carbocycles. The maximum atomic E-state index is 12.0. The number of amides is 2. The monoisotopic (exact) mass is 315 g/mol. The van der Waals surface area contributed by atoms with Crippen molar-refractivity contribution in [2.45, 2.75) is 57.5 Å². The van der Waals surface area contributed by atoms with Crippen molar-refractivity contribution in [1.29, 1.82) is 0 Å². The van der Waals surface area contributed by atoms with E-state index in [1.54, 1.807) is 0 Å². The summed E-state index contributed by atoms with van der Waals surface area (Å²) in [5.41, 5.74) is 2.54. The Bertz CT molecular complexity index is 525. The first-order valence-corrected chi connectivity index (χ1v) is 9.04. The van der Waals surface area contributed by atoms with Crippen molar-refractivity contribution < 1.29 is 4.79 Å². The average molecular weight is 315 g/mol. The summed E-state index contributed by atoms with van der Waals surface area (Å²) in [4.78, 5) is 14.6. The highest BCUT2D eigenvalue weighted by molar-refractivity contribution is 5.74. The number of nitrogens with one attached hydrogen (secondary N) is 2. The summed E-state index contributed by atoms with van der Waals surface area (Å²) in [5.74, 6) is 0. The lowest BCUT2D eigenvalue weighted by Crippen LogP contribution is -2.44. The van der Waals surface area contributed by atoms with Gasteiger partial charge in [0.15, 0.2) is 0 Å². The fraction of sp³-hybridized carbons (Fsp3) is 0.632. The van der Waals surface area contributed by atoms with E-state index in [4.69, 9.17) is 0 Å². The van der Waals surface area contributed by atoms with E-state index in [1.165, 1.54) is 36.8 Å². The van der Waals surface area contributed by atoms with Gasteiger partial charge in [-0.25, -0.2) is 4.79 Å². The zero-order chi connectivity index (χ0) is 16.1. The zero-order valence-electron chi connectivity index (χ0n) is 14.2. The number of urea groups is 1. The topological polar surface area (TPSA) is 44.4 Å². The molecule has 2 amide bonds. The van der Waals surface area contributed by atoms with Gasteiger partial charge in [0.05, 0.1) is 0 Å². The molecule has 0 bridgehead atoms. The van der Waals surface area contributed by atoms with Gasteiger partial charge in [0, 0.05) is 31.7 Å². The highest BCUT2D eigenvalue weighted by atomic mass is 16.2. The predicted octanol–water partition coefficient (Wildman–Crippen LogP) is 2.85. The molecular formula is C19H29N3O. The lowest BCUT2D eigenvalue weighted by Gasteiger charge is -2.23. The molecule has 0 aromatic heterocycles. The maximum absolute atomic E-state index is 12.0. The van der Waals surface area contributed by atoms with Crippen LogP contribution in [-0.2, 0) is 6.42 Å². The van der Waals surface area contributed by atoms with E-state index in [1.807, 2.05) is 0 Å². The number of likely N-dealkylation sites (tertiary alicyclic amines) is 1. The summed E-state index contributed by atoms with van der Waals surface area (Å²) < 4.78 is 0. The Morgan fingerprint density at radius 3 is 2.87 bits per heavy atom. The van der Waals surface area contributed by atoms with E-state index < -0.39 is 0 Å². The molecule has 1 aliphatic heterocycles. The standard InChI is InChI=1S/C19H29N3O/c1-15-5-4-6-16(13-15)9-11-20-19(23)21-17-10-12-22(14-17)18-7-2-3-8-18/h4-6,13,17-18H,2-3,7-12,14H2,1H3,(H2,20,21,23). The van der Waals surface area contributed by atoms with Crippen LogP contribution < -0.4 is 10.6 Å². The number of carbonyl (C=O) groups excluding carboxylic acids is 1. The third-order valence-corrected chi connectivity index (χ3v) is 5.18. The van der Waals surface area contributed by atoms with Crippen molar-refractivity contribution >= 4 is 6.03 Å². The number of hydrogen-bond donors (Lipinski definition) is 2. The number of carbonyl (C=O) groups is 1. The minimum atomic E-state index is -0.0177. The van der Waals surface area contributed by atoms with Gasteiger partial charge < -0.3 is 10.6 Å². The van der Waals surface area contributed by atoms with Crippen molar-refractivity contribution in [3.8, 4) is 0 Å². The molecule has 1 unspecified atom stereocenters. The van der Waals surface area contributed by atoms with Gasteiger partial charge in [-0.2, -0.15) is 0 Å². The summed E-state index contributed by atoms with van der Waals surface area (Å²) in [6.45, 7) is 4.95. The average Bonchev–Trinajstić information content (AvgIpc) is 3.18. The third-order valence-electron chi connectivity index (χ3n) is 5.18. The normalized spacial score (nSPS) is 22.4. The summed E-state index contributed by atoms with van der Waals surface area (Å²) in [5, 5.41) is 6.13. The Kier molecular flexibility index (Phi) is 5.55. The van der Waals surface area contributed by atoms with E-state index >= 15 is 0 Å². The van der Waals surface area contributed by atoms with Crippen LogP contribution in [0.1, 0.15) is 43.2 Å². The molecule has 0 spiro atoms. The molecule has 0 radical (unpaired) electrons. The van der Waals surface area contributed by atoms with Crippen molar-refractivity contribution in [3.05, 3.63) is 35.4 Å². The molecule has 2 aliphatic rings. The van der Waals surface area contributed by atoms with E-state index in [0.717, 1.165) is 32.0 Å².